The Morgan fingerprint density at radius 2 is 1.71 bits per heavy atom. The van der Waals surface area contributed by atoms with Gasteiger partial charge in [-0.15, -0.1) is 0 Å². The normalized spacial score (nSPS) is 13.3. The SMILES string of the molecule is CCOc1ccn(-c2ccc(F)cc2)c(=O)c1C(=O)Nc1ccc(-c2cc(N3CCN(C(=O)C(C)C)CC3)nc3c2c(N)nn3C)cc1. The molecule has 2 amide bonds. The average molecular weight is 653 g/mol. The third kappa shape index (κ3) is 6.18. The summed E-state index contributed by atoms with van der Waals surface area (Å²) in [7, 11) is 1.79. The molecule has 6 rings (SSSR count). The number of hydrogen-bond acceptors (Lipinski definition) is 8. The van der Waals surface area contributed by atoms with Gasteiger partial charge in [-0.3, -0.25) is 19.0 Å². The van der Waals surface area contributed by atoms with E-state index in [1.807, 2.05) is 36.9 Å². The minimum Gasteiger partial charge on any atom is -0.493 e. The van der Waals surface area contributed by atoms with E-state index in [0.29, 0.717) is 54.4 Å². The molecular weight excluding hydrogens is 615 g/mol. The Kier molecular flexibility index (Phi) is 8.85. The highest BCUT2D eigenvalue weighted by Crippen LogP contribution is 2.35. The maximum atomic E-state index is 13.5. The Morgan fingerprint density at radius 1 is 1.02 bits per heavy atom. The van der Waals surface area contributed by atoms with Gasteiger partial charge >= 0.3 is 0 Å². The second-order valence-electron chi connectivity index (χ2n) is 11.9. The lowest BCUT2D eigenvalue weighted by molar-refractivity contribution is -0.134. The Morgan fingerprint density at radius 3 is 2.35 bits per heavy atom. The smallest absolute Gasteiger partial charge is 0.271 e. The number of carbonyl (C=O) groups excluding carboxylic acids is 2. The van der Waals surface area contributed by atoms with Crippen LogP contribution in [0.5, 0.6) is 5.75 Å². The first-order valence-corrected chi connectivity index (χ1v) is 15.8. The van der Waals surface area contributed by atoms with Crippen molar-refractivity contribution in [2.45, 2.75) is 20.8 Å². The van der Waals surface area contributed by atoms with Crippen LogP contribution >= 0.6 is 0 Å². The van der Waals surface area contributed by atoms with Gasteiger partial charge in [0.1, 0.15) is 22.9 Å². The molecular formula is C35H37FN8O4. The van der Waals surface area contributed by atoms with Gasteiger partial charge in [0.2, 0.25) is 5.91 Å². The van der Waals surface area contributed by atoms with Crippen molar-refractivity contribution < 1.29 is 18.7 Å². The van der Waals surface area contributed by atoms with Crippen LogP contribution in [0.2, 0.25) is 0 Å². The average Bonchev–Trinajstić information content (AvgIpc) is 3.37. The molecule has 48 heavy (non-hydrogen) atoms. The van der Waals surface area contributed by atoms with Crippen molar-refractivity contribution in [2.24, 2.45) is 13.0 Å². The number of ether oxygens (including phenoxy) is 1. The molecule has 0 aliphatic carbocycles. The predicted octanol–water partition coefficient (Wildman–Crippen LogP) is 4.46. The molecule has 0 saturated carbocycles. The van der Waals surface area contributed by atoms with Gasteiger partial charge in [0.05, 0.1) is 12.0 Å². The van der Waals surface area contributed by atoms with E-state index in [1.165, 1.54) is 35.0 Å². The number of aromatic nitrogens is 4. The molecule has 3 N–H and O–H groups in total. The molecule has 248 valence electrons. The largest absolute Gasteiger partial charge is 0.493 e. The number of amides is 2. The van der Waals surface area contributed by atoms with Crippen molar-refractivity contribution in [3.8, 4) is 22.6 Å². The van der Waals surface area contributed by atoms with Crippen molar-refractivity contribution in [3.05, 3.63) is 88.6 Å². The summed E-state index contributed by atoms with van der Waals surface area (Å²) in [6.07, 6.45) is 1.49. The number of nitrogens with two attached hydrogens (primary N) is 1. The van der Waals surface area contributed by atoms with E-state index in [9.17, 15) is 18.8 Å². The molecule has 1 fully saturated rings. The van der Waals surface area contributed by atoms with Gasteiger partial charge in [0.25, 0.3) is 11.5 Å². The van der Waals surface area contributed by atoms with Crippen LogP contribution in [-0.4, -0.2) is 68.8 Å². The van der Waals surface area contributed by atoms with Crippen LogP contribution in [0.4, 0.5) is 21.7 Å². The zero-order valence-corrected chi connectivity index (χ0v) is 27.2. The molecule has 3 aromatic heterocycles. The van der Waals surface area contributed by atoms with E-state index in [0.717, 1.165) is 16.9 Å². The summed E-state index contributed by atoms with van der Waals surface area (Å²) in [4.78, 5) is 48.5. The minimum absolute atomic E-state index is 0.0534. The van der Waals surface area contributed by atoms with Gasteiger partial charge in [-0.25, -0.2) is 14.1 Å². The number of halogens is 1. The van der Waals surface area contributed by atoms with Crippen LogP contribution in [0.1, 0.15) is 31.1 Å². The zero-order valence-electron chi connectivity index (χ0n) is 27.2. The van der Waals surface area contributed by atoms with E-state index < -0.39 is 17.3 Å². The first-order chi connectivity index (χ1) is 23.0. The summed E-state index contributed by atoms with van der Waals surface area (Å²) in [6.45, 7) is 8.32. The lowest BCUT2D eigenvalue weighted by atomic mass is 10.0. The Hall–Kier alpha value is -5.72. The second-order valence-corrected chi connectivity index (χ2v) is 11.9. The summed E-state index contributed by atoms with van der Waals surface area (Å²) in [5.74, 6) is 0.242. The standard InChI is InChI=1S/C35H37FN8O4/c1-5-48-27-14-15-44(25-12-8-23(36)9-13-25)35(47)30(27)33(45)38-24-10-6-22(7-11-24)26-20-28(39-32-29(26)31(37)40-41(32)4)42-16-18-43(19-17-42)34(46)21(2)3/h6-15,20-21H,5,16-19H2,1-4H3,(H2,37,40)(H,38,45). The van der Waals surface area contributed by atoms with E-state index in [1.54, 1.807) is 36.9 Å². The Bertz CT molecular complexity index is 2050. The van der Waals surface area contributed by atoms with Crippen molar-refractivity contribution in [3.63, 3.8) is 0 Å². The number of benzene rings is 2. The van der Waals surface area contributed by atoms with Gasteiger partial charge in [-0.1, -0.05) is 26.0 Å². The molecule has 13 heteroatoms. The zero-order chi connectivity index (χ0) is 34.1. The molecule has 0 atom stereocenters. The van der Waals surface area contributed by atoms with E-state index in [4.69, 9.17) is 15.5 Å². The van der Waals surface area contributed by atoms with Crippen LogP contribution < -0.4 is 26.2 Å². The summed E-state index contributed by atoms with van der Waals surface area (Å²) >= 11 is 0. The molecule has 1 aliphatic heterocycles. The maximum Gasteiger partial charge on any atom is 0.271 e. The fourth-order valence-corrected chi connectivity index (χ4v) is 5.91. The van der Waals surface area contributed by atoms with Crippen molar-refractivity contribution in [1.82, 2.24) is 24.2 Å². The maximum absolute atomic E-state index is 13.5. The number of nitrogens with one attached hydrogen (secondary N) is 1. The minimum atomic E-state index is -0.646. The number of nitrogen functional groups attached to an aromatic ring is 1. The first-order valence-electron chi connectivity index (χ1n) is 15.8. The fourth-order valence-electron chi connectivity index (χ4n) is 5.91. The molecule has 5 aromatic rings. The molecule has 0 spiro atoms. The van der Waals surface area contributed by atoms with Crippen molar-refractivity contribution in [1.29, 1.82) is 0 Å². The van der Waals surface area contributed by atoms with Gasteiger partial charge in [0, 0.05) is 62.3 Å². The van der Waals surface area contributed by atoms with Gasteiger partial charge in [-0.2, -0.15) is 5.10 Å². The highest BCUT2D eigenvalue weighted by molar-refractivity contribution is 6.06. The van der Waals surface area contributed by atoms with E-state index in [-0.39, 0.29) is 29.7 Å². The van der Waals surface area contributed by atoms with Crippen molar-refractivity contribution >= 4 is 40.2 Å². The van der Waals surface area contributed by atoms with Gasteiger partial charge in [-0.05, 0) is 61.0 Å². The van der Waals surface area contributed by atoms with Crippen LogP contribution in [0, 0.1) is 11.7 Å². The third-order valence-electron chi connectivity index (χ3n) is 8.36. The number of pyridine rings is 2. The molecule has 2 aromatic carbocycles. The van der Waals surface area contributed by atoms with Gasteiger partial charge in [0.15, 0.2) is 11.5 Å². The number of piperazine rings is 1. The lowest BCUT2D eigenvalue weighted by Gasteiger charge is -2.36. The van der Waals surface area contributed by atoms with Crippen LogP contribution in [0.25, 0.3) is 27.8 Å². The molecule has 1 aliphatic rings. The molecule has 0 radical (unpaired) electrons. The number of fused-ring (bicyclic) bond motifs is 1. The fraction of sp³-hybridized carbons (Fsp3) is 0.286. The number of carbonyl (C=O) groups is 2. The number of rotatable bonds is 8. The van der Waals surface area contributed by atoms with Crippen molar-refractivity contribution in [2.75, 3.05) is 48.7 Å². The lowest BCUT2D eigenvalue weighted by Crippen LogP contribution is -2.50. The number of hydrogen-bond donors (Lipinski definition) is 2. The van der Waals surface area contributed by atoms with E-state index >= 15 is 0 Å². The second kappa shape index (κ2) is 13.2. The summed E-state index contributed by atoms with van der Waals surface area (Å²) < 4.78 is 22.1. The summed E-state index contributed by atoms with van der Waals surface area (Å²) in [5.41, 5.74) is 8.71. The van der Waals surface area contributed by atoms with Crippen LogP contribution in [0.3, 0.4) is 0 Å². The highest BCUT2D eigenvalue weighted by Gasteiger charge is 2.26. The first kappa shape index (κ1) is 32.2. The molecule has 1 saturated heterocycles. The molecule has 0 unspecified atom stereocenters. The summed E-state index contributed by atoms with van der Waals surface area (Å²) in [5, 5.41) is 7.94. The topological polar surface area (TPSA) is 141 Å². The Labute approximate surface area is 276 Å². The molecule has 4 heterocycles. The number of anilines is 3. The van der Waals surface area contributed by atoms with Gasteiger partial charge < -0.3 is 25.6 Å². The highest BCUT2D eigenvalue weighted by atomic mass is 19.1. The van der Waals surface area contributed by atoms with E-state index in [2.05, 4.69) is 15.3 Å². The monoisotopic (exact) mass is 652 g/mol. The van der Waals surface area contributed by atoms with Crippen LogP contribution in [0.15, 0.2) is 71.7 Å². The number of nitrogens with zero attached hydrogens (tertiary/aromatic N) is 6. The number of aryl methyl sites for hydroxylation is 1. The third-order valence-corrected chi connectivity index (χ3v) is 8.36. The Balaban J connectivity index is 1.29. The molecule has 0 bridgehead atoms. The predicted molar refractivity (Wildman–Crippen MR) is 183 cm³/mol. The van der Waals surface area contributed by atoms with Crippen LogP contribution in [-0.2, 0) is 11.8 Å². The molecule has 12 nitrogen and oxygen atoms in total. The summed E-state index contributed by atoms with van der Waals surface area (Å²) in [6, 6.07) is 16.1. The quantitative estimate of drug-likeness (QED) is 0.250.